The predicted octanol–water partition coefficient (Wildman–Crippen LogP) is 2.78. The van der Waals surface area contributed by atoms with Gasteiger partial charge in [0.25, 0.3) is 5.91 Å². The summed E-state index contributed by atoms with van der Waals surface area (Å²) in [4.78, 5) is 14.3. The molecular formula is C18H27NO3. The van der Waals surface area contributed by atoms with Gasteiger partial charge >= 0.3 is 0 Å². The average Bonchev–Trinajstić information content (AvgIpc) is 2.54. The van der Waals surface area contributed by atoms with Gasteiger partial charge in [0.2, 0.25) is 0 Å². The van der Waals surface area contributed by atoms with E-state index in [4.69, 9.17) is 4.74 Å². The van der Waals surface area contributed by atoms with Crippen LogP contribution < -0.4 is 4.74 Å². The molecule has 0 bridgehead atoms. The second-order valence-electron chi connectivity index (χ2n) is 6.09. The van der Waals surface area contributed by atoms with Crippen LogP contribution in [0, 0.1) is 0 Å². The number of aliphatic hydroxyl groups is 1. The van der Waals surface area contributed by atoms with Gasteiger partial charge < -0.3 is 14.7 Å². The fourth-order valence-corrected chi connectivity index (χ4v) is 3.15. The Labute approximate surface area is 133 Å². The smallest absolute Gasteiger partial charge is 0.263 e. The van der Waals surface area contributed by atoms with Crippen LogP contribution in [-0.4, -0.2) is 41.2 Å². The number of ether oxygens (including phenoxy) is 1. The highest BCUT2D eigenvalue weighted by Crippen LogP contribution is 2.24. The number of carbonyl (C=O) groups is 1. The standard InChI is InChI=1S/C18H27NO3/c1-4-14-9-5-8-12-17(14)22-13(2)18(21)19(3)15-10-6-7-11-16(15)20/h5,8-9,12-13,15-16,20H,4,6-7,10-11H2,1-3H3/t13-,15-,16-/m1/s1. The SMILES string of the molecule is CCc1ccccc1O[C@H](C)C(=O)N(C)[C@@H]1CCCC[C@H]1O. The van der Waals surface area contributed by atoms with Gasteiger partial charge in [-0.25, -0.2) is 0 Å². The molecule has 0 aliphatic heterocycles. The Kier molecular flexibility index (Phi) is 5.83. The topological polar surface area (TPSA) is 49.8 Å². The van der Waals surface area contributed by atoms with Crippen molar-refractivity contribution < 1.29 is 14.6 Å². The van der Waals surface area contributed by atoms with E-state index in [2.05, 4.69) is 6.92 Å². The number of aryl methyl sites for hydroxylation is 1. The zero-order valence-corrected chi connectivity index (χ0v) is 13.8. The lowest BCUT2D eigenvalue weighted by atomic mass is 9.91. The van der Waals surface area contributed by atoms with Crippen molar-refractivity contribution in [3.63, 3.8) is 0 Å². The lowest BCUT2D eigenvalue weighted by Gasteiger charge is -2.36. The lowest BCUT2D eigenvalue weighted by Crippen LogP contribution is -2.50. The summed E-state index contributed by atoms with van der Waals surface area (Å²) in [5, 5.41) is 10.1. The van der Waals surface area contributed by atoms with Gasteiger partial charge in [0, 0.05) is 7.05 Å². The molecular weight excluding hydrogens is 278 g/mol. The molecule has 2 rings (SSSR count). The summed E-state index contributed by atoms with van der Waals surface area (Å²) >= 11 is 0. The van der Waals surface area contributed by atoms with E-state index in [-0.39, 0.29) is 11.9 Å². The first kappa shape index (κ1) is 16.8. The summed E-state index contributed by atoms with van der Waals surface area (Å²) in [6, 6.07) is 7.72. The first-order valence-electron chi connectivity index (χ1n) is 8.24. The minimum Gasteiger partial charge on any atom is -0.481 e. The van der Waals surface area contributed by atoms with Crippen LogP contribution in [0.3, 0.4) is 0 Å². The molecule has 0 saturated heterocycles. The molecule has 1 aliphatic rings. The average molecular weight is 305 g/mol. The van der Waals surface area contributed by atoms with Crippen LogP contribution in [0.15, 0.2) is 24.3 Å². The third-order valence-electron chi connectivity index (χ3n) is 4.54. The number of hydrogen-bond donors (Lipinski definition) is 1. The van der Waals surface area contributed by atoms with E-state index < -0.39 is 12.2 Å². The highest BCUT2D eigenvalue weighted by atomic mass is 16.5. The van der Waals surface area contributed by atoms with Crippen molar-refractivity contribution >= 4 is 5.91 Å². The summed E-state index contributed by atoms with van der Waals surface area (Å²) in [6.07, 6.45) is 3.64. The van der Waals surface area contributed by atoms with Crippen LogP contribution in [0.4, 0.5) is 0 Å². The number of nitrogens with zero attached hydrogens (tertiary/aromatic N) is 1. The molecule has 1 aliphatic carbocycles. The first-order chi connectivity index (χ1) is 10.5. The largest absolute Gasteiger partial charge is 0.481 e. The third kappa shape index (κ3) is 3.80. The molecule has 0 unspecified atom stereocenters. The molecule has 122 valence electrons. The summed E-state index contributed by atoms with van der Waals surface area (Å²) in [5.74, 6) is 0.695. The number of amides is 1. The van der Waals surface area contributed by atoms with Crippen molar-refractivity contribution in [3.05, 3.63) is 29.8 Å². The summed E-state index contributed by atoms with van der Waals surface area (Å²) in [6.45, 7) is 3.85. The normalized spacial score (nSPS) is 22.9. The highest BCUT2D eigenvalue weighted by Gasteiger charge is 2.32. The molecule has 0 heterocycles. The zero-order chi connectivity index (χ0) is 16.1. The molecule has 4 heteroatoms. The molecule has 0 radical (unpaired) electrons. The Bertz CT molecular complexity index is 503. The lowest BCUT2D eigenvalue weighted by molar-refractivity contribution is -0.142. The monoisotopic (exact) mass is 305 g/mol. The van der Waals surface area contributed by atoms with Crippen molar-refractivity contribution in [2.75, 3.05) is 7.05 Å². The van der Waals surface area contributed by atoms with E-state index in [1.807, 2.05) is 24.3 Å². The van der Waals surface area contributed by atoms with Crippen molar-refractivity contribution in [2.45, 2.75) is 64.2 Å². The maximum Gasteiger partial charge on any atom is 0.263 e. The van der Waals surface area contributed by atoms with E-state index in [1.165, 1.54) is 0 Å². The van der Waals surface area contributed by atoms with Gasteiger partial charge in [-0.3, -0.25) is 4.79 Å². The molecule has 1 saturated carbocycles. The Morgan fingerprint density at radius 2 is 2.05 bits per heavy atom. The Morgan fingerprint density at radius 3 is 2.73 bits per heavy atom. The summed E-state index contributed by atoms with van der Waals surface area (Å²) in [7, 11) is 1.77. The molecule has 0 spiro atoms. The Balaban J connectivity index is 2.02. The molecule has 1 aromatic carbocycles. The van der Waals surface area contributed by atoms with E-state index in [1.54, 1.807) is 18.9 Å². The second-order valence-corrected chi connectivity index (χ2v) is 6.09. The van der Waals surface area contributed by atoms with Crippen LogP contribution in [0.5, 0.6) is 5.75 Å². The quantitative estimate of drug-likeness (QED) is 0.910. The molecule has 1 amide bonds. The van der Waals surface area contributed by atoms with E-state index in [0.29, 0.717) is 0 Å². The molecule has 1 fully saturated rings. The van der Waals surface area contributed by atoms with Gasteiger partial charge in [-0.2, -0.15) is 0 Å². The minimum atomic E-state index is -0.549. The number of aliphatic hydroxyl groups excluding tert-OH is 1. The van der Waals surface area contributed by atoms with Crippen LogP contribution in [0.2, 0.25) is 0 Å². The fourth-order valence-electron chi connectivity index (χ4n) is 3.15. The van der Waals surface area contributed by atoms with E-state index in [0.717, 1.165) is 43.4 Å². The number of rotatable bonds is 5. The second kappa shape index (κ2) is 7.63. The molecule has 3 atom stereocenters. The van der Waals surface area contributed by atoms with E-state index >= 15 is 0 Å². The fraction of sp³-hybridized carbons (Fsp3) is 0.611. The number of likely N-dealkylation sites (N-methyl/N-ethyl adjacent to an activating group) is 1. The number of benzene rings is 1. The summed E-state index contributed by atoms with van der Waals surface area (Å²) in [5.41, 5.74) is 1.10. The van der Waals surface area contributed by atoms with Gasteiger partial charge in [0.15, 0.2) is 6.10 Å². The molecule has 1 N–H and O–H groups in total. The number of hydrogen-bond acceptors (Lipinski definition) is 3. The molecule has 0 aromatic heterocycles. The predicted molar refractivity (Wildman–Crippen MR) is 86.9 cm³/mol. The summed E-state index contributed by atoms with van der Waals surface area (Å²) < 4.78 is 5.87. The van der Waals surface area contributed by atoms with Crippen molar-refractivity contribution in [1.82, 2.24) is 4.90 Å². The minimum absolute atomic E-state index is 0.0724. The Hall–Kier alpha value is -1.55. The number of para-hydroxylation sites is 1. The van der Waals surface area contributed by atoms with E-state index in [9.17, 15) is 9.90 Å². The molecule has 4 nitrogen and oxygen atoms in total. The highest BCUT2D eigenvalue weighted by molar-refractivity contribution is 5.81. The van der Waals surface area contributed by atoms with Crippen LogP contribution >= 0.6 is 0 Å². The first-order valence-corrected chi connectivity index (χ1v) is 8.24. The van der Waals surface area contributed by atoms with Crippen LogP contribution in [0.25, 0.3) is 0 Å². The number of carbonyl (C=O) groups excluding carboxylic acids is 1. The van der Waals surface area contributed by atoms with Gasteiger partial charge in [0.1, 0.15) is 5.75 Å². The van der Waals surface area contributed by atoms with Crippen LogP contribution in [-0.2, 0) is 11.2 Å². The maximum atomic E-state index is 12.6. The van der Waals surface area contributed by atoms with Crippen molar-refractivity contribution in [2.24, 2.45) is 0 Å². The molecule has 1 aromatic rings. The van der Waals surface area contributed by atoms with Gasteiger partial charge in [-0.15, -0.1) is 0 Å². The van der Waals surface area contributed by atoms with Gasteiger partial charge in [-0.1, -0.05) is 38.0 Å². The third-order valence-corrected chi connectivity index (χ3v) is 4.54. The Morgan fingerprint density at radius 1 is 1.36 bits per heavy atom. The van der Waals surface area contributed by atoms with Crippen molar-refractivity contribution in [1.29, 1.82) is 0 Å². The van der Waals surface area contributed by atoms with Gasteiger partial charge in [-0.05, 0) is 37.8 Å². The molecule has 22 heavy (non-hydrogen) atoms. The van der Waals surface area contributed by atoms with Gasteiger partial charge in [0.05, 0.1) is 12.1 Å². The van der Waals surface area contributed by atoms with Crippen LogP contribution in [0.1, 0.15) is 45.1 Å². The van der Waals surface area contributed by atoms with Crippen molar-refractivity contribution in [3.8, 4) is 5.75 Å². The zero-order valence-electron chi connectivity index (χ0n) is 13.8. The maximum absolute atomic E-state index is 12.6.